The summed E-state index contributed by atoms with van der Waals surface area (Å²) < 4.78 is 5.81. The van der Waals surface area contributed by atoms with Gasteiger partial charge in [-0.15, -0.1) is 0 Å². The molecule has 0 radical (unpaired) electrons. The van der Waals surface area contributed by atoms with E-state index in [4.69, 9.17) is 27.9 Å². The van der Waals surface area contributed by atoms with Gasteiger partial charge in [0.2, 0.25) is 0 Å². The Bertz CT molecular complexity index is 599. The summed E-state index contributed by atoms with van der Waals surface area (Å²) in [7, 11) is 0. The zero-order valence-electron chi connectivity index (χ0n) is 12.2. The molecule has 2 rings (SSSR count). The molecule has 0 heterocycles. The standard InChI is InChI=1S/C17H19Cl2NO/c1-12(2)20-10-13-6-3-4-7-14(13)11-21-16-9-5-8-15(18)17(16)19/h3-9,12,20H,10-11H2,1-2H3. The van der Waals surface area contributed by atoms with Crippen molar-refractivity contribution in [3.05, 3.63) is 63.6 Å². The van der Waals surface area contributed by atoms with Crippen LogP contribution < -0.4 is 10.1 Å². The van der Waals surface area contributed by atoms with Crippen LogP contribution in [0.25, 0.3) is 0 Å². The van der Waals surface area contributed by atoms with Gasteiger partial charge in [-0.25, -0.2) is 0 Å². The van der Waals surface area contributed by atoms with Crippen molar-refractivity contribution < 1.29 is 4.74 Å². The van der Waals surface area contributed by atoms with Crippen molar-refractivity contribution in [2.75, 3.05) is 0 Å². The second kappa shape index (κ2) is 7.69. The molecular weight excluding hydrogens is 305 g/mol. The van der Waals surface area contributed by atoms with Crippen LogP contribution in [0.2, 0.25) is 10.0 Å². The molecule has 0 saturated heterocycles. The summed E-state index contributed by atoms with van der Waals surface area (Å²) in [6.07, 6.45) is 0. The number of hydrogen-bond acceptors (Lipinski definition) is 2. The highest BCUT2D eigenvalue weighted by Gasteiger charge is 2.07. The molecule has 0 unspecified atom stereocenters. The van der Waals surface area contributed by atoms with Gasteiger partial charge < -0.3 is 10.1 Å². The van der Waals surface area contributed by atoms with Gasteiger partial charge in [0.05, 0.1) is 5.02 Å². The van der Waals surface area contributed by atoms with Crippen molar-refractivity contribution in [2.45, 2.75) is 33.0 Å². The summed E-state index contributed by atoms with van der Waals surface area (Å²) in [5.74, 6) is 0.607. The molecule has 0 bridgehead atoms. The lowest BCUT2D eigenvalue weighted by molar-refractivity contribution is 0.304. The van der Waals surface area contributed by atoms with Crippen LogP contribution in [0.5, 0.6) is 5.75 Å². The topological polar surface area (TPSA) is 21.3 Å². The van der Waals surface area contributed by atoms with Crippen LogP contribution in [0, 0.1) is 0 Å². The Hall–Kier alpha value is -1.22. The Kier molecular flexibility index (Phi) is 5.92. The second-order valence-corrected chi connectivity index (χ2v) is 5.93. The largest absolute Gasteiger partial charge is 0.487 e. The van der Waals surface area contributed by atoms with Gasteiger partial charge in [-0.1, -0.05) is 67.4 Å². The molecule has 0 aromatic heterocycles. The van der Waals surface area contributed by atoms with Crippen LogP contribution in [0.1, 0.15) is 25.0 Å². The smallest absolute Gasteiger partial charge is 0.139 e. The minimum atomic E-state index is 0.446. The lowest BCUT2D eigenvalue weighted by Crippen LogP contribution is -2.22. The molecule has 0 saturated carbocycles. The van der Waals surface area contributed by atoms with Crippen molar-refractivity contribution in [3.8, 4) is 5.75 Å². The van der Waals surface area contributed by atoms with Crippen molar-refractivity contribution in [2.24, 2.45) is 0 Å². The van der Waals surface area contributed by atoms with Gasteiger partial charge in [0.25, 0.3) is 0 Å². The Morgan fingerprint density at radius 1 is 1.00 bits per heavy atom. The minimum absolute atomic E-state index is 0.446. The SMILES string of the molecule is CC(C)NCc1ccccc1COc1cccc(Cl)c1Cl. The number of halogens is 2. The van der Waals surface area contributed by atoms with Gasteiger partial charge >= 0.3 is 0 Å². The van der Waals surface area contributed by atoms with E-state index >= 15 is 0 Å². The van der Waals surface area contributed by atoms with Gasteiger partial charge in [0.1, 0.15) is 17.4 Å². The molecular formula is C17H19Cl2NO. The third-order valence-corrected chi connectivity index (χ3v) is 3.92. The van der Waals surface area contributed by atoms with E-state index in [0.717, 1.165) is 12.1 Å². The van der Waals surface area contributed by atoms with E-state index in [2.05, 4.69) is 31.3 Å². The van der Waals surface area contributed by atoms with E-state index in [1.165, 1.54) is 5.56 Å². The molecule has 0 fully saturated rings. The molecule has 2 aromatic rings. The van der Waals surface area contributed by atoms with Gasteiger partial charge in [0, 0.05) is 12.6 Å². The quantitative estimate of drug-likeness (QED) is 0.801. The average molecular weight is 324 g/mol. The first kappa shape index (κ1) is 16.2. The van der Waals surface area contributed by atoms with Crippen LogP contribution in [-0.2, 0) is 13.2 Å². The molecule has 0 aliphatic carbocycles. The molecule has 1 N–H and O–H groups in total. The number of ether oxygens (including phenoxy) is 1. The fraction of sp³-hybridized carbons (Fsp3) is 0.294. The van der Waals surface area contributed by atoms with E-state index in [1.807, 2.05) is 24.3 Å². The highest BCUT2D eigenvalue weighted by molar-refractivity contribution is 6.42. The lowest BCUT2D eigenvalue weighted by atomic mass is 10.1. The first-order valence-corrected chi connectivity index (χ1v) is 7.70. The summed E-state index contributed by atoms with van der Waals surface area (Å²) in [6.45, 7) is 5.55. The highest BCUT2D eigenvalue weighted by Crippen LogP contribution is 2.32. The monoisotopic (exact) mass is 323 g/mol. The Morgan fingerprint density at radius 3 is 2.43 bits per heavy atom. The molecule has 0 aliphatic heterocycles. The number of benzene rings is 2. The van der Waals surface area contributed by atoms with E-state index in [9.17, 15) is 0 Å². The van der Waals surface area contributed by atoms with Gasteiger partial charge in [0.15, 0.2) is 0 Å². The maximum Gasteiger partial charge on any atom is 0.139 e. The Balaban J connectivity index is 2.07. The van der Waals surface area contributed by atoms with E-state index in [0.29, 0.717) is 28.4 Å². The minimum Gasteiger partial charge on any atom is -0.487 e. The fourth-order valence-electron chi connectivity index (χ4n) is 1.94. The van der Waals surface area contributed by atoms with Gasteiger partial charge in [-0.05, 0) is 23.3 Å². The molecule has 2 nitrogen and oxygen atoms in total. The molecule has 0 atom stereocenters. The molecule has 0 aliphatic rings. The van der Waals surface area contributed by atoms with Gasteiger partial charge in [-0.3, -0.25) is 0 Å². The third kappa shape index (κ3) is 4.63. The second-order valence-electron chi connectivity index (χ2n) is 5.14. The first-order valence-electron chi connectivity index (χ1n) is 6.95. The average Bonchev–Trinajstić information content (AvgIpc) is 2.47. The third-order valence-electron chi connectivity index (χ3n) is 3.12. The molecule has 2 aromatic carbocycles. The lowest BCUT2D eigenvalue weighted by Gasteiger charge is -2.14. The summed E-state index contributed by atoms with van der Waals surface area (Å²) in [6, 6.07) is 14.1. The first-order chi connectivity index (χ1) is 10.1. The molecule has 0 spiro atoms. The maximum absolute atomic E-state index is 6.13. The van der Waals surface area contributed by atoms with Crippen LogP contribution in [0.4, 0.5) is 0 Å². The molecule has 0 amide bonds. The van der Waals surface area contributed by atoms with E-state index in [1.54, 1.807) is 6.07 Å². The van der Waals surface area contributed by atoms with Crippen molar-refractivity contribution in [1.82, 2.24) is 5.32 Å². The van der Waals surface area contributed by atoms with Crippen LogP contribution in [0.15, 0.2) is 42.5 Å². The fourth-order valence-corrected chi connectivity index (χ4v) is 2.28. The number of rotatable bonds is 6. The predicted octanol–water partition coefficient (Wildman–Crippen LogP) is 5.07. The van der Waals surface area contributed by atoms with Crippen LogP contribution in [-0.4, -0.2) is 6.04 Å². The maximum atomic E-state index is 6.13. The normalized spacial score (nSPS) is 10.9. The number of hydrogen-bond donors (Lipinski definition) is 1. The van der Waals surface area contributed by atoms with Crippen LogP contribution in [0.3, 0.4) is 0 Å². The molecule has 4 heteroatoms. The summed E-state index contributed by atoms with van der Waals surface area (Å²) >= 11 is 12.1. The summed E-state index contributed by atoms with van der Waals surface area (Å²) in [5.41, 5.74) is 2.37. The zero-order chi connectivity index (χ0) is 15.2. The Morgan fingerprint density at radius 2 is 1.71 bits per heavy atom. The summed E-state index contributed by atoms with van der Waals surface area (Å²) in [5, 5.41) is 4.38. The van der Waals surface area contributed by atoms with Crippen molar-refractivity contribution in [1.29, 1.82) is 0 Å². The number of nitrogens with one attached hydrogen (secondary N) is 1. The van der Waals surface area contributed by atoms with Crippen molar-refractivity contribution in [3.63, 3.8) is 0 Å². The van der Waals surface area contributed by atoms with Gasteiger partial charge in [-0.2, -0.15) is 0 Å². The highest BCUT2D eigenvalue weighted by atomic mass is 35.5. The summed E-state index contributed by atoms with van der Waals surface area (Å²) in [4.78, 5) is 0. The van der Waals surface area contributed by atoms with E-state index in [-0.39, 0.29) is 0 Å². The molecule has 112 valence electrons. The zero-order valence-corrected chi connectivity index (χ0v) is 13.7. The predicted molar refractivity (Wildman–Crippen MR) is 89.2 cm³/mol. The molecule has 21 heavy (non-hydrogen) atoms. The Labute approximate surface area is 136 Å². The van der Waals surface area contributed by atoms with Crippen molar-refractivity contribution >= 4 is 23.2 Å². The van der Waals surface area contributed by atoms with E-state index < -0.39 is 0 Å². The van der Waals surface area contributed by atoms with Crippen LogP contribution >= 0.6 is 23.2 Å².